The lowest BCUT2D eigenvalue weighted by Crippen LogP contribution is -2.30. The summed E-state index contributed by atoms with van der Waals surface area (Å²) in [5, 5.41) is 0. The fourth-order valence-electron chi connectivity index (χ4n) is 10.4. The van der Waals surface area contributed by atoms with Gasteiger partial charge >= 0.3 is 17.9 Å². The number of rotatable bonds is 60. The molecule has 0 saturated heterocycles. The van der Waals surface area contributed by atoms with Crippen molar-refractivity contribution in [1.29, 1.82) is 0 Å². The van der Waals surface area contributed by atoms with Crippen LogP contribution in [0.15, 0.2) is 0 Å². The van der Waals surface area contributed by atoms with Crippen LogP contribution in [0.3, 0.4) is 0 Å². The molecule has 0 N–H and O–H groups in total. The standard InChI is InChI=1S/C67H130O6/c1-7-63(6)55-49-43-37-31-25-19-15-16-21-27-33-39-45-51-57-66(69)72-60-64(59-71-65(68)56-50-44-38-32-26-20-14-10-12-18-24-30-36-42-48-54-62(4)5)73-67(70)58-52-46-40-34-28-22-13-9-8-11-17-23-29-35-41-47-53-61(2)3/h61-64H,7-60H2,1-6H3/t63?,64-/m0/s1. The fraction of sp³-hybridized carbons (Fsp3) is 0.955. The summed E-state index contributed by atoms with van der Waals surface area (Å²) < 4.78 is 17.0. The van der Waals surface area contributed by atoms with Gasteiger partial charge in [-0.05, 0) is 37.0 Å². The predicted molar refractivity (Wildman–Crippen MR) is 316 cm³/mol. The number of hydrogen-bond donors (Lipinski definition) is 0. The Balaban J connectivity index is 4.30. The highest BCUT2D eigenvalue weighted by atomic mass is 16.6. The van der Waals surface area contributed by atoms with Gasteiger partial charge in [0.2, 0.25) is 0 Å². The Morgan fingerprint density at radius 2 is 0.479 bits per heavy atom. The van der Waals surface area contributed by atoms with Gasteiger partial charge in [-0.15, -0.1) is 0 Å². The summed E-state index contributed by atoms with van der Waals surface area (Å²) in [6, 6.07) is 0. The molecule has 0 aliphatic heterocycles. The van der Waals surface area contributed by atoms with Gasteiger partial charge in [-0.25, -0.2) is 0 Å². The summed E-state index contributed by atoms with van der Waals surface area (Å²) in [5.74, 6) is 1.76. The summed E-state index contributed by atoms with van der Waals surface area (Å²) in [5.41, 5.74) is 0. The molecule has 0 radical (unpaired) electrons. The zero-order valence-electron chi connectivity index (χ0n) is 50.4. The number of carbonyl (C=O) groups is 3. The first-order valence-corrected chi connectivity index (χ1v) is 33.1. The molecule has 0 amide bonds. The summed E-state index contributed by atoms with van der Waals surface area (Å²) in [6.45, 7) is 13.9. The van der Waals surface area contributed by atoms with E-state index in [0.29, 0.717) is 19.3 Å². The maximum absolute atomic E-state index is 12.9. The van der Waals surface area contributed by atoms with Gasteiger partial charge in [0.15, 0.2) is 6.10 Å². The molecule has 0 aromatic heterocycles. The molecule has 0 saturated carbocycles. The summed E-state index contributed by atoms with van der Waals surface area (Å²) in [7, 11) is 0. The Morgan fingerprint density at radius 1 is 0.274 bits per heavy atom. The van der Waals surface area contributed by atoms with E-state index in [4.69, 9.17) is 14.2 Å². The Morgan fingerprint density at radius 3 is 0.712 bits per heavy atom. The van der Waals surface area contributed by atoms with E-state index in [2.05, 4.69) is 41.5 Å². The van der Waals surface area contributed by atoms with Crippen molar-refractivity contribution in [2.24, 2.45) is 17.8 Å². The van der Waals surface area contributed by atoms with Crippen LogP contribution in [0.1, 0.15) is 375 Å². The Labute approximate surface area is 457 Å². The molecule has 434 valence electrons. The van der Waals surface area contributed by atoms with Crippen LogP contribution in [0.5, 0.6) is 0 Å². The van der Waals surface area contributed by atoms with Gasteiger partial charge in [-0.1, -0.05) is 337 Å². The van der Waals surface area contributed by atoms with E-state index in [1.54, 1.807) is 0 Å². The van der Waals surface area contributed by atoms with Crippen LogP contribution in [-0.2, 0) is 28.6 Å². The van der Waals surface area contributed by atoms with Crippen molar-refractivity contribution in [1.82, 2.24) is 0 Å². The largest absolute Gasteiger partial charge is 0.462 e. The molecule has 73 heavy (non-hydrogen) atoms. The highest BCUT2D eigenvalue weighted by Crippen LogP contribution is 2.20. The summed E-state index contributed by atoms with van der Waals surface area (Å²) >= 11 is 0. The highest BCUT2D eigenvalue weighted by Gasteiger charge is 2.20. The van der Waals surface area contributed by atoms with Crippen molar-refractivity contribution in [3.63, 3.8) is 0 Å². The van der Waals surface area contributed by atoms with Crippen molar-refractivity contribution in [3.05, 3.63) is 0 Å². The minimum absolute atomic E-state index is 0.0623. The topological polar surface area (TPSA) is 78.9 Å². The van der Waals surface area contributed by atoms with Gasteiger partial charge in [-0.3, -0.25) is 14.4 Å². The average molecular weight is 1030 g/mol. The van der Waals surface area contributed by atoms with E-state index in [1.165, 1.54) is 257 Å². The average Bonchev–Trinajstić information content (AvgIpc) is 3.37. The van der Waals surface area contributed by atoms with E-state index < -0.39 is 6.10 Å². The van der Waals surface area contributed by atoms with Gasteiger partial charge in [0.1, 0.15) is 13.2 Å². The maximum atomic E-state index is 12.9. The first-order chi connectivity index (χ1) is 35.6. The second-order valence-electron chi connectivity index (χ2n) is 24.3. The van der Waals surface area contributed by atoms with E-state index in [1.807, 2.05) is 0 Å². The molecule has 6 nitrogen and oxygen atoms in total. The van der Waals surface area contributed by atoms with E-state index in [-0.39, 0.29) is 31.1 Å². The second-order valence-corrected chi connectivity index (χ2v) is 24.3. The van der Waals surface area contributed by atoms with Gasteiger partial charge in [0.25, 0.3) is 0 Å². The molecule has 1 unspecified atom stereocenters. The lowest BCUT2D eigenvalue weighted by molar-refractivity contribution is -0.167. The Kier molecular flexibility index (Phi) is 56.8. The number of ether oxygens (including phenoxy) is 3. The van der Waals surface area contributed by atoms with Crippen LogP contribution in [0.4, 0.5) is 0 Å². The van der Waals surface area contributed by atoms with Crippen LogP contribution < -0.4 is 0 Å². The van der Waals surface area contributed by atoms with Crippen LogP contribution >= 0.6 is 0 Å². The quantitative estimate of drug-likeness (QED) is 0.0343. The third kappa shape index (κ3) is 59.5. The van der Waals surface area contributed by atoms with E-state index in [0.717, 1.165) is 75.5 Å². The monoisotopic (exact) mass is 1030 g/mol. The Bertz CT molecular complexity index is 1130. The first kappa shape index (κ1) is 71.4. The molecule has 0 rings (SSSR count). The van der Waals surface area contributed by atoms with Crippen LogP contribution in [0.25, 0.3) is 0 Å². The van der Waals surface area contributed by atoms with Crippen molar-refractivity contribution in [3.8, 4) is 0 Å². The number of unbranched alkanes of at least 4 members (excludes halogenated alkanes) is 42. The summed E-state index contributed by atoms with van der Waals surface area (Å²) in [4.78, 5) is 38.4. The highest BCUT2D eigenvalue weighted by molar-refractivity contribution is 5.71. The van der Waals surface area contributed by atoms with E-state index >= 15 is 0 Å². The van der Waals surface area contributed by atoms with Gasteiger partial charge in [0, 0.05) is 19.3 Å². The van der Waals surface area contributed by atoms with Gasteiger partial charge in [-0.2, -0.15) is 0 Å². The van der Waals surface area contributed by atoms with Crippen molar-refractivity contribution in [2.45, 2.75) is 382 Å². The molecule has 0 spiro atoms. The fourth-order valence-corrected chi connectivity index (χ4v) is 10.4. The molecule has 6 heteroatoms. The molecule has 0 aromatic rings. The van der Waals surface area contributed by atoms with Crippen LogP contribution in [0.2, 0.25) is 0 Å². The SMILES string of the molecule is CCC(C)CCCCCCCCCCCCCCCCC(=O)OC[C@H](COC(=O)CCCCCCCCCCCCCCCCCC(C)C)OC(=O)CCCCCCCCCCCCCCCCCCC(C)C. The smallest absolute Gasteiger partial charge is 0.306 e. The molecule has 0 heterocycles. The zero-order chi connectivity index (χ0) is 53.3. The second kappa shape index (κ2) is 58.1. The minimum atomic E-state index is -0.765. The van der Waals surface area contributed by atoms with Crippen LogP contribution in [0, 0.1) is 17.8 Å². The van der Waals surface area contributed by atoms with Crippen LogP contribution in [-0.4, -0.2) is 37.2 Å². The number of esters is 3. The van der Waals surface area contributed by atoms with Crippen molar-refractivity contribution < 1.29 is 28.6 Å². The summed E-state index contributed by atoms with van der Waals surface area (Å²) in [6.07, 6.45) is 63.8. The zero-order valence-corrected chi connectivity index (χ0v) is 50.4. The van der Waals surface area contributed by atoms with Gasteiger partial charge in [0.05, 0.1) is 0 Å². The number of hydrogen-bond acceptors (Lipinski definition) is 6. The minimum Gasteiger partial charge on any atom is -0.462 e. The third-order valence-electron chi connectivity index (χ3n) is 15.8. The van der Waals surface area contributed by atoms with Crippen molar-refractivity contribution >= 4 is 17.9 Å². The third-order valence-corrected chi connectivity index (χ3v) is 15.8. The molecular formula is C67H130O6. The molecule has 0 fully saturated rings. The molecular weight excluding hydrogens is 901 g/mol. The first-order valence-electron chi connectivity index (χ1n) is 33.1. The van der Waals surface area contributed by atoms with Gasteiger partial charge < -0.3 is 14.2 Å². The van der Waals surface area contributed by atoms with E-state index in [9.17, 15) is 14.4 Å². The lowest BCUT2D eigenvalue weighted by atomic mass is 9.99. The molecule has 0 aromatic carbocycles. The Hall–Kier alpha value is -1.59. The lowest BCUT2D eigenvalue weighted by Gasteiger charge is -2.18. The molecule has 0 aliphatic carbocycles. The molecule has 0 aliphatic rings. The normalized spacial score (nSPS) is 12.5. The molecule has 0 bridgehead atoms. The molecule has 2 atom stereocenters. The maximum Gasteiger partial charge on any atom is 0.306 e. The van der Waals surface area contributed by atoms with Crippen molar-refractivity contribution in [2.75, 3.05) is 13.2 Å². The number of carbonyl (C=O) groups excluding carboxylic acids is 3. The predicted octanol–water partition coefficient (Wildman–Crippen LogP) is 22.2.